The fourth-order valence-corrected chi connectivity index (χ4v) is 2.25. The van der Waals surface area contributed by atoms with Gasteiger partial charge in [-0.2, -0.15) is 0 Å². The summed E-state index contributed by atoms with van der Waals surface area (Å²) in [5, 5.41) is 2.72. The van der Waals surface area contributed by atoms with Gasteiger partial charge in [-0.25, -0.2) is 4.79 Å². The molecule has 0 atom stereocenters. The van der Waals surface area contributed by atoms with Gasteiger partial charge < -0.3 is 16.0 Å². The van der Waals surface area contributed by atoms with Crippen LogP contribution in [0.3, 0.4) is 0 Å². The first-order valence-corrected chi connectivity index (χ1v) is 5.98. The normalized spacial score (nSPS) is 17.5. The summed E-state index contributed by atoms with van der Waals surface area (Å²) >= 11 is 0. The van der Waals surface area contributed by atoms with Crippen LogP contribution in [0.25, 0.3) is 0 Å². The summed E-state index contributed by atoms with van der Waals surface area (Å²) in [6.07, 6.45) is 7.01. The maximum atomic E-state index is 11.7. The van der Waals surface area contributed by atoms with Gasteiger partial charge in [0.1, 0.15) is 0 Å². The first-order chi connectivity index (χ1) is 7.29. The van der Waals surface area contributed by atoms with Crippen molar-refractivity contribution in [3.05, 3.63) is 0 Å². The number of rotatable bonds is 4. The molecular weight excluding hydrogens is 190 g/mol. The Balaban J connectivity index is 2.49. The van der Waals surface area contributed by atoms with E-state index in [1.54, 1.807) is 7.05 Å². The number of carbonyl (C=O) groups excluding carboxylic acids is 1. The molecule has 1 rings (SSSR count). The lowest BCUT2D eigenvalue weighted by Crippen LogP contribution is -2.46. The van der Waals surface area contributed by atoms with E-state index in [2.05, 4.69) is 5.32 Å². The van der Waals surface area contributed by atoms with Crippen LogP contribution < -0.4 is 11.1 Å². The predicted octanol–water partition coefficient (Wildman–Crippen LogP) is 1.31. The Morgan fingerprint density at radius 2 is 2.07 bits per heavy atom. The molecule has 0 saturated heterocycles. The van der Waals surface area contributed by atoms with Crippen molar-refractivity contribution in [2.45, 2.75) is 44.6 Å². The van der Waals surface area contributed by atoms with E-state index < -0.39 is 0 Å². The zero-order chi connectivity index (χ0) is 11.1. The number of carbonyl (C=O) groups is 1. The number of nitrogens with zero attached hydrogens (tertiary/aromatic N) is 1. The maximum absolute atomic E-state index is 11.7. The van der Waals surface area contributed by atoms with Crippen molar-refractivity contribution in [3.8, 4) is 0 Å². The summed E-state index contributed by atoms with van der Waals surface area (Å²) in [5.74, 6) is 0. The predicted molar refractivity (Wildman–Crippen MR) is 61.7 cm³/mol. The van der Waals surface area contributed by atoms with Crippen LogP contribution in [0.5, 0.6) is 0 Å². The molecule has 0 bridgehead atoms. The SMILES string of the molecule is CNC(=O)N(CCCN)C1CCCCC1. The number of nitrogens with one attached hydrogen (secondary N) is 1. The van der Waals surface area contributed by atoms with E-state index in [1.165, 1.54) is 19.3 Å². The van der Waals surface area contributed by atoms with Crippen LogP contribution in [0, 0.1) is 0 Å². The van der Waals surface area contributed by atoms with Crippen molar-refractivity contribution in [3.63, 3.8) is 0 Å². The zero-order valence-electron chi connectivity index (χ0n) is 9.67. The second-order valence-electron chi connectivity index (χ2n) is 4.18. The molecule has 15 heavy (non-hydrogen) atoms. The van der Waals surface area contributed by atoms with Gasteiger partial charge in [0.2, 0.25) is 0 Å². The molecule has 4 nitrogen and oxygen atoms in total. The van der Waals surface area contributed by atoms with E-state index in [0.29, 0.717) is 12.6 Å². The summed E-state index contributed by atoms with van der Waals surface area (Å²) in [5.41, 5.74) is 5.49. The summed E-state index contributed by atoms with van der Waals surface area (Å²) in [7, 11) is 1.70. The van der Waals surface area contributed by atoms with Crippen molar-refractivity contribution in [2.75, 3.05) is 20.1 Å². The Labute approximate surface area is 92.2 Å². The summed E-state index contributed by atoms with van der Waals surface area (Å²) in [6, 6.07) is 0.487. The quantitative estimate of drug-likeness (QED) is 0.739. The van der Waals surface area contributed by atoms with Crippen molar-refractivity contribution in [2.24, 2.45) is 5.73 Å². The van der Waals surface area contributed by atoms with E-state index >= 15 is 0 Å². The largest absolute Gasteiger partial charge is 0.341 e. The van der Waals surface area contributed by atoms with Crippen LogP contribution in [0.2, 0.25) is 0 Å². The van der Waals surface area contributed by atoms with E-state index in [-0.39, 0.29) is 6.03 Å². The standard InChI is InChI=1S/C11H23N3O/c1-13-11(15)14(9-5-8-12)10-6-3-2-4-7-10/h10H,2-9,12H2,1H3,(H,13,15). The number of amides is 2. The van der Waals surface area contributed by atoms with E-state index in [1.807, 2.05) is 4.90 Å². The highest BCUT2D eigenvalue weighted by atomic mass is 16.2. The number of hydrogen-bond acceptors (Lipinski definition) is 2. The molecule has 3 N–H and O–H groups in total. The Hall–Kier alpha value is -0.770. The molecule has 0 aliphatic heterocycles. The van der Waals surface area contributed by atoms with Crippen molar-refractivity contribution in [1.82, 2.24) is 10.2 Å². The smallest absolute Gasteiger partial charge is 0.317 e. The Bertz CT molecular complexity index is 190. The van der Waals surface area contributed by atoms with Crippen LogP contribution in [-0.4, -0.2) is 37.1 Å². The minimum absolute atomic E-state index is 0.0513. The maximum Gasteiger partial charge on any atom is 0.317 e. The molecule has 0 aromatic heterocycles. The average Bonchev–Trinajstić information content (AvgIpc) is 2.30. The van der Waals surface area contributed by atoms with E-state index in [4.69, 9.17) is 5.73 Å². The van der Waals surface area contributed by atoms with Crippen LogP contribution in [-0.2, 0) is 0 Å². The van der Waals surface area contributed by atoms with Gasteiger partial charge >= 0.3 is 6.03 Å². The zero-order valence-corrected chi connectivity index (χ0v) is 9.67. The van der Waals surface area contributed by atoms with E-state index in [0.717, 1.165) is 25.8 Å². The monoisotopic (exact) mass is 213 g/mol. The van der Waals surface area contributed by atoms with Gasteiger partial charge in [-0.3, -0.25) is 0 Å². The van der Waals surface area contributed by atoms with Gasteiger partial charge in [0.25, 0.3) is 0 Å². The molecule has 0 radical (unpaired) electrons. The lowest BCUT2D eigenvalue weighted by Gasteiger charge is -2.34. The lowest BCUT2D eigenvalue weighted by molar-refractivity contribution is 0.157. The first kappa shape index (κ1) is 12.3. The highest BCUT2D eigenvalue weighted by Gasteiger charge is 2.23. The molecule has 88 valence electrons. The van der Waals surface area contributed by atoms with E-state index in [9.17, 15) is 4.79 Å². The van der Waals surface area contributed by atoms with Crippen molar-refractivity contribution in [1.29, 1.82) is 0 Å². The van der Waals surface area contributed by atoms with Crippen LogP contribution >= 0.6 is 0 Å². The second-order valence-corrected chi connectivity index (χ2v) is 4.18. The van der Waals surface area contributed by atoms with Gasteiger partial charge in [-0.15, -0.1) is 0 Å². The molecule has 0 heterocycles. The molecule has 0 spiro atoms. The highest BCUT2D eigenvalue weighted by Crippen LogP contribution is 2.22. The van der Waals surface area contributed by atoms with Crippen LogP contribution in [0.1, 0.15) is 38.5 Å². The third-order valence-corrected chi connectivity index (χ3v) is 3.09. The van der Waals surface area contributed by atoms with Gasteiger partial charge in [-0.05, 0) is 25.8 Å². The Morgan fingerprint density at radius 3 is 2.60 bits per heavy atom. The fourth-order valence-electron chi connectivity index (χ4n) is 2.25. The number of hydrogen-bond donors (Lipinski definition) is 2. The molecule has 1 aliphatic rings. The van der Waals surface area contributed by atoms with Crippen LogP contribution in [0.4, 0.5) is 4.79 Å². The van der Waals surface area contributed by atoms with Crippen molar-refractivity contribution < 1.29 is 4.79 Å². The summed E-state index contributed by atoms with van der Waals surface area (Å²) < 4.78 is 0. The number of urea groups is 1. The molecule has 1 aliphatic carbocycles. The van der Waals surface area contributed by atoms with Crippen molar-refractivity contribution >= 4 is 6.03 Å². The van der Waals surface area contributed by atoms with Gasteiger partial charge in [0, 0.05) is 19.6 Å². The Kier molecular flexibility index (Phi) is 5.47. The minimum atomic E-state index is 0.0513. The highest BCUT2D eigenvalue weighted by molar-refractivity contribution is 5.74. The molecule has 0 aromatic carbocycles. The fraction of sp³-hybridized carbons (Fsp3) is 0.909. The third-order valence-electron chi connectivity index (χ3n) is 3.09. The summed E-state index contributed by atoms with van der Waals surface area (Å²) in [4.78, 5) is 13.7. The number of nitrogens with two attached hydrogens (primary N) is 1. The third kappa shape index (κ3) is 3.70. The minimum Gasteiger partial charge on any atom is -0.341 e. The molecule has 0 unspecified atom stereocenters. The molecule has 4 heteroatoms. The molecule has 1 saturated carbocycles. The van der Waals surface area contributed by atoms with Gasteiger partial charge in [0.15, 0.2) is 0 Å². The second kappa shape index (κ2) is 6.67. The molecular formula is C11H23N3O. The summed E-state index contributed by atoms with van der Waals surface area (Å²) in [6.45, 7) is 1.45. The van der Waals surface area contributed by atoms with Gasteiger partial charge in [-0.1, -0.05) is 19.3 Å². The molecule has 0 aromatic rings. The Morgan fingerprint density at radius 1 is 1.40 bits per heavy atom. The molecule has 1 fully saturated rings. The first-order valence-electron chi connectivity index (χ1n) is 5.98. The average molecular weight is 213 g/mol. The topological polar surface area (TPSA) is 58.4 Å². The lowest BCUT2D eigenvalue weighted by atomic mass is 9.94. The van der Waals surface area contributed by atoms with Gasteiger partial charge in [0.05, 0.1) is 0 Å². The molecule has 2 amide bonds. The van der Waals surface area contributed by atoms with Crippen LogP contribution in [0.15, 0.2) is 0 Å².